The van der Waals surface area contributed by atoms with E-state index in [-0.39, 0.29) is 10.6 Å². The van der Waals surface area contributed by atoms with E-state index in [9.17, 15) is 18.0 Å². The number of pyridine rings is 1. The number of nitrogens with one attached hydrogen (secondary N) is 1. The van der Waals surface area contributed by atoms with Gasteiger partial charge in [-0.3, -0.25) is 9.78 Å². The van der Waals surface area contributed by atoms with Crippen molar-refractivity contribution < 1.29 is 18.0 Å². The average molecular weight is 275 g/mol. The van der Waals surface area contributed by atoms with Crippen molar-refractivity contribution in [2.75, 3.05) is 12.3 Å². The van der Waals surface area contributed by atoms with Gasteiger partial charge in [-0.15, -0.1) is 11.3 Å². The Morgan fingerprint density at radius 2 is 2.22 bits per heavy atom. The van der Waals surface area contributed by atoms with Crippen molar-refractivity contribution in [1.82, 2.24) is 10.3 Å². The Kier molecular flexibility index (Phi) is 3.12. The van der Waals surface area contributed by atoms with Crippen LogP contribution in [0.2, 0.25) is 0 Å². The number of nitrogens with two attached hydrogens (primary N) is 1. The van der Waals surface area contributed by atoms with Crippen LogP contribution in [0.25, 0.3) is 10.2 Å². The van der Waals surface area contributed by atoms with Gasteiger partial charge < -0.3 is 11.1 Å². The van der Waals surface area contributed by atoms with Crippen LogP contribution in [0.3, 0.4) is 0 Å². The summed E-state index contributed by atoms with van der Waals surface area (Å²) in [5.74, 6) is -0.840. The van der Waals surface area contributed by atoms with Crippen LogP contribution in [0, 0.1) is 0 Å². The number of amides is 1. The molecule has 8 heteroatoms. The van der Waals surface area contributed by atoms with E-state index in [1.165, 1.54) is 6.20 Å². The largest absolute Gasteiger partial charge is 0.405 e. The molecule has 2 aromatic rings. The molecule has 0 bridgehead atoms. The first-order valence-corrected chi connectivity index (χ1v) is 5.68. The van der Waals surface area contributed by atoms with Crippen LogP contribution in [0.5, 0.6) is 0 Å². The number of thiophene rings is 1. The highest BCUT2D eigenvalue weighted by atomic mass is 32.1. The molecule has 0 saturated carbocycles. The number of carbonyl (C=O) groups excluding carboxylic acids is 1. The van der Waals surface area contributed by atoms with E-state index in [4.69, 9.17) is 5.73 Å². The van der Waals surface area contributed by atoms with Gasteiger partial charge in [-0.1, -0.05) is 0 Å². The maximum absolute atomic E-state index is 12.0. The van der Waals surface area contributed by atoms with Crippen LogP contribution < -0.4 is 11.1 Å². The highest BCUT2D eigenvalue weighted by Crippen LogP contribution is 2.31. The molecule has 96 valence electrons. The third-order valence-corrected chi connectivity index (χ3v) is 3.30. The third kappa shape index (κ3) is 2.53. The molecular formula is C10H8F3N3OS. The molecule has 3 N–H and O–H groups in total. The number of alkyl halides is 3. The molecule has 18 heavy (non-hydrogen) atoms. The summed E-state index contributed by atoms with van der Waals surface area (Å²) >= 11 is 1.02. The second-order valence-electron chi connectivity index (χ2n) is 3.49. The van der Waals surface area contributed by atoms with E-state index in [1.807, 2.05) is 0 Å². The second kappa shape index (κ2) is 4.45. The summed E-state index contributed by atoms with van der Waals surface area (Å²) in [5, 5.41) is 1.78. The summed E-state index contributed by atoms with van der Waals surface area (Å²) < 4.78 is 36.6. The van der Waals surface area contributed by atoms with Crippen LogP contribution in [0.4, 0.5) is 18.9 Å². The van der Waals surface area contributed by atoms with Crippen LogP contribution in [0.15, 0.2) is 18.3 Å². The molecule has 0 radical (unpaired) electrons. The summed E-state index contributed by atoms with van der Waals surface area (Å²) in [4.78, 5) is 15.6. The first-order chi connectivity index (χ1) is 8.38. The van der Waals surface area contributed by atoms with Gasteiger partial charge in [0.25, 0.3) is 5.91 Å². The maximum atomic E-state index is 12.0. The fraction of sp³-hybridized carbons (Fsp3) is 0.200. The number of carbonyl (C=O) groups is 1. The monoisotopic (exact) mass is 275 g/mol. The fourth-order valence-corrected chi connectivity index (χ4v) is 2.37. The Morgan fingerprint density at radius 3 is 2.83 bits per heavy atom. The number of aromatic nitrogens is 1. The number of hydrogen-bond donors (Lipinski definition) is 2. The van der Waals surface area contributed by atoms with E-state index >= 15 is 0 Å². The minimum absolute atomic E-state index is 0.0490. The molecular weight excluding hydrogens is 267 g/mol. The molecule has 2 heterocycles. The highest BCUT2D eigenvalue weighted by Gasteiger charge is 2.28. The zero-order valence-corrected chi connectivity index (χ0v) is 9.73. The van der Waals surface area contributed by atoms with Crippen molar-refractivity contribution in [1.29, 1.82) is 0 Å². The van der Waals surface area contributed by atoms with Crippen LogP contribution in [0.1, 0.15) is 9.67 Å². The topological polar surface area (TPSA) is 68.0 Å². The summed E-state index contributed by atoms with van der Waals surface area (Å²) in [7, 11) is 0. The molecule has 0 atom stereocenters. The standard InChI is InChI=1S/C10H8F3N3OS/c11-10(12,13)4-16-9(17)8-6(14)7-5(18-8)2-1-3-15-7/h1-3H,4,14H2,(H,16,17). The molecule has 0 unspecified atom stereocenters. The first-order valence-electron chi connectivity index (χ1n) is 4.86. The Hall–Kier alpha value is -1.83. The lowest BCUT2D eigenvalue weighted by atomic mass is 10.3. The smallest absolute Gasteiger partial charge is 0.396 e. The van der Waals surface area contributed by atoms with E-state index in [0.29, 0.717) is 10.2 Å². The molecule has 0 aliphatic heterocycles. The van der Waals surface area contributed by atoms with Crippen molar-refractivity contribution in [3.8, 4) is 0 Å². The normalized spacial score (nSPS) is 11.7. The number of nitrogen functional groups attached to an aromatic ring is 1. The van der Waals surface area contributed by atoms with E-state index in [2.05, 4.69) is 4.98 Å². The Labute approximate surface area is 104 Å². The molecule has 0 aliphatic rings. The van der Waals surface area contributed by atoms with Crippen LogP contribution in [-0.4, -0.2) is 23.6 Å². The predicted molar refractivity (Wildman–Crippen MR) is 62.4 cm³/mol. The zero-order chi connectivity index (χ0) is 13.3. The minimum atomic E-state index is -4.45. The quantitative estimate of drug-likeness (QED) is 0.882. The molecule has 0 aliphatic carbocycles. The van der Waals surface area contributed by atoms with Crippen molar-refractivity contribution in [2.24, 2.45) is 0 Å². The molecule has 2 aromatic heterocycles. The molecule has 1 amide bonds. The molecule has 4 nitrogen and oxygen atoms in total. The molecule has 0 saturated heterocycles. The number of hydrogen-bond acceptors (Lipinski definition) is 4. The number of halogens is 3. The fourth-order valence-electron chi connectivity index (χ4n) is 1.38. The van der Waals surface area contributed by atoms with Crippen molar-refractivity contribution in [3.05, 3.63) is 23.2 Å². The van der Waals surface area contributed by atoms with Crippen LogP contribution >= 0.6 is 11.3 Å². The van der Waals surface area contributed by atoms with Crippen molar-refractivity contribution in [2.45, 2.75) is 6.18 Å². The second-order valence-corrected chi connectivity index (χ2v) is 4.55. The van der Waals surface area contributed by atoms with Crippen molar-refractivity contribution in [3.63, 3.8) is 0 Å². The zero-order valence-electron chi connectivity index (χ0n) is 8.91. The summed E-state index contributed by atoms with van der Waals surface area (Å²) in [6.45, 7) is -1.38. The van der Waals surface area contributed by atoms with Gasteiger partial charge in [-0.25, -0.2) is 0 Å². The number of fused-ring (bicyclic) bond motifs is 1. The average Bonchev–Trinajstić information content (AvgIpc) is 2.64. The van der Waals surface area contributed by atoms with Gasteiger partial charge in [0, 0.05) is 6.20 Å². The Balaban J connectivity index is 2.26. The van der Waals surface area contributed by atoms with Crippen molar-refractivity contribution >= 4 is 33.1 Å². The lowest BCUT2D eigenvalue weighted by molar-refractivity contribution is -0.123. The number of anilines is 1. The number of rotatable bonds is 2. The molecule has 0 aromatic carbocycles. The molecule has 0 fully saturated rings. The summed E-state index contributed by atoms with van der Waals surface area (Å²) in [5.41, 5.74) is 6.22. The summed E-state index contributed by atoms with van der Waals surface area (Å²) in [6.07, 6.45) is -2.94. The summed E-state index contributed by atoms with van der Waals surface area (Å²) in [6, 6.07) is 3.36. The number of nitrogens with zero attached hydrogens (tertiary/aromatic N) is 1. The van der Waals surface area contributed by atoms with E-state index in [0.717, 1.165) is 11.3 Å². The first kappa shape index (κ1) is 12.6. The predicted octanol–water partition coefficient (Wildman–Crippen LogP) is 2.17. The van der Waals surface area contributed by atoms with E-state index < -0.39 is 18.6 Å². The van der Waals surface area contributed by atoms with Gasteiger partial charge >= 0.3 is 6.18 Å². The lowest BCUT2D eigenvalue weighted by Crippen LogP contribution is -2.33. The SMILES string of the molecule is Nc1c(C(=O)NCC(F)(F)F)sc2cccnc12. The van der Waals surface area contributed by atoms with Gasteiger partial charge in [0.15, 0.2) is 0 Å². The van der Waals surface area contributed by atoms with E-state index in [1.54, 1.807) is 17.4 Å². The van der Waals surface area contributed by atoms with Gasteiger partial charge in [0.2, 0.25) is 0 Å². The minimum Gasteiger partial charge on any atom is -0.396 e. The lowest BCUT2D eigenvalue weighted by Gasteiger charge is -2.07. The van der Waals surface area contributed by atoms with Gasteiger partial charge in [-0.2, -0.15) is 13.2 Å². The third-order valence-electron chi connectivity index (χ3n) is 2.14. The Bertz CT molecular complexity index is 594. The molecule has 2 rings (SSSR count). The Morgan fingerprint density at radius 1 is 1.50 bits per heavy atom. The van der Waals surface area contributed by atoms with Crippen LogP contribution in [-0.2, 0) is 0 Å². The van der Waals surface area contributed by atoms with Gasteiger partial charge in [0.1, 0.15) is 16.9 Å². The van der Waals surface area contributed by atoms with Gasteiger partial charge in [-0.05, 0) is 12.1 Å². The maximum Gasteiger partial charge on any atom is 0.405 e. The molecule has 0 spiro atoms. The highest BCUT2D eigenvalue weighted by molar-refractivity contribution is 7.21. The van der Waals surface area contributed by atoms with Gasteiger partial charge in [0.05, 0.1) is 10.4 Å².